The lowest BCUT2D eigenvalue weighted by atomic mass is 10.1. The lowest BCUT2D eigenvalue weighted by Gasteiger charge is -2.15. The second-order valence-corrected chi connectivity index (χ2v) is 7.56. The van der Waals surface area contributed by atoms with E-state index in [0.29, 0.717) is 23.6 Å². The molecule has 0 saturated carbocycles. The third-order valence-electron chi connectivity index (χ3n) is 4.48. The quantitative estimate of drug-likeness (QED) is 0.381. The molecule has 0 bridgehead atoms. The van der Waals surface area contributed by atoms with Crippen LogP contribution >= 0.6 is 22.6 Å². The van der Waals surface area contributed by atoms with Gasteiger partial charge in [0, 0.05) is 17.8 Å². The van der Waals surface area contributed by atoms with Crippen molar-refractivity contribution in [1.29, 1.82) is 0 Å². The SMILES string of the molecule is CCc1ccc(NCc2cc(I)c(OCc3ccccc3F)c(OC)c2)cc1. The van der Waals surface area contributed by atoms with Gasteiger partial charge in [-0.3, -0.25) is 0 Å². The van der Waals surface area contributed by atoms with E-state index in [2.05, 4.69) is 59.1 Å². The van der Waals surface area contributed by atoms with Crippen LogP contribution in [-0.2, 0) is 19.6 Å². The Bertz CT molecular complexity index is 928. The minimum absolute atomic E-state index is 0.153. The van der Waals surface area contributed by atoms with E-state index in [-0.39, 0.29) is 12.4 Å². The number of aryl methyl sites for hydroxylation is 1. The Kier molecular flexibility index (Phi) is 7.14. The molecule has 3 rings (SSSR count). The van der Waals surface area contributed by atoms with Crippen LogP contribution in [-0.4, -0.2) is 7.11 Å². The molecule has 3 aromatic rings. The smallest absolute Gasteiger partial charge is 0.174 e. The third-order valence-corrected chi connectivity index (χ3v) is 5.28. The van der Waals surface area contributed by atoms with Crippen molar-refractivity contribution in [2.24, 2.45) is 0 Å². The summed E-state index contributed by atoms with van der Waals surface area (Å²) in [7, 11) is 1.61. The van der Waals surface area contributed by atoms with E-state index in [1.54, 1.807) is 25.3 Å². The molecule has 1 N–H and O–H groups in total. The van der Waals surface area contributed by atoms with Gasteiger partial charge < -0.3 is 14.8 Å². The molecule has 0 fully saturated rings. The van der Waals surface area contributed by atoms with Gasteiger partial charge in [-0.1, -0.05) is 37.3 Å². The van der Waals surface area contributed by atoms with E-state index in [1.165, 1.54) is 11.6 Å². The maximum Gasteiger partial charge on any atom is 0.174 e. The number of hydrogen-bond donors (Lipinski definition) is 1. The molecule has 0 heterocycles. The molecular formula is C23H23FINO2. The first-order valence-corrected chi connectivity index (χ1v) is 10.2. The number of halogens is 2. The fraction of sp³-hybridized carbons (Fsp3) is 0.217. The van der Waals surface area contributed by atoms with Crippen LogP contribution in [0.2, 0.25) is 0 Å². The molecule has 28 heavy (non-hydrogen) atoms. The first-order chi connectivity index (χ1) is 13.6. The first kappa shape index (κ1) is 20.5. The molecule has 0 aromatic heterocycles. The van der Waals surface area contributed by atoms with Crippen LogP contribution in [0, 0.1) is 9.39 Å². The van der Waals surface area contributed by atoms with Crippen LogP contribution in [0.1, 0.15) is 23.6 Å². The summed E-state index contributed by atoms with van der Waals surface area (Å²) in [5.74, 6) is 0.996. The predicted octanol–water partition coefficient (Wildman–Crippen LogP) is 6.19. The second kappa shape index (κ2) is 9.78. The van der Waals surface area contributed by atoms with Gasteiger partial charge in [0.15, 0.2) is 11.5 Å². The summed E-state index contributed by atoms with van der Waals surface area (Å²) < 4.78 is 26.1. The second-order valence-electron chi connectivity index (χ2n) is 6.39. The van der Waals surface area contributed by atoms with Crippen molar-refractivity contribution in [1.82, 2.24) is 0 Å². The highest BCUT2D eigenvalue weighted by molar-refractivity contribution is 14.1. The first-order valence-electron chi connectivity index (χ1n) is 9.16. The minimum Gasteiger partial charge on any atom is -0.493 e. The van der Waals surface area contributed by atoms with E-state index in [0.717, 1.165) is 21.2 Å². The fourth-order valence-electron chi connectivity index (χ4n) is 2.84. The summed E-state index contributed by atoms with van der Waals surface area (Å²) in [6.07, 6.45) is 1.03. The van der Waals surface area contributed by atoms with Crippen molar-refractivity contribution < 1.29 is 13.9 Å². The molecule has 0 amide bonds. The summed E-state index contributed by atoms with van der Waals surface area (Å²) in [4.78, 5) is 0. The lowest BCUT2D eigenvalue weighted by Crippen LogP contribution is -2.04. The van der Waals surface area contributed by atoms with Crippen LogP contribution in [0.25, 0.3) is 0 Å². The molecule has 0 atom stereocenters. The predicted molar refractivity (Wildman–Crippen MR) is 120 cm³/mol. The van der Waals surface area contributed by atoms with Crippen molar-refractivity contribution >= 4 is 28.3 Å². The molecule has 0 unspecified atom stereocenters. The maximum atomic E-state index is 13.8. The van der Waals surface area contributed by atoms with Gasteiger partial charge in [0.05, 0.1) is 10.7 Å². The molecule has 0 aliphatic heterocycles. The molecule has 146 valence electrons. The number of ether oxygens (including phenoxy) is 2. The standard InChI is InChI=1S/C23H23FINO2/c1-3-16-8-10-19(11-9-16)26-14-17-12-21(25)23(22(13-17)27-2)28-15-18-6-4-5-7-20(18)24/h4-13,26H,3,14-15H2,1-2H3. The van der Waals surface area contributed by atoms with Gasteiger partial charge >= 0.3 is 0 Å². The Hall–Kier alpha value is -2.28. The molecule has 0 saturated heterocycles. The maximum absolute atomic E-state index is 13.8. The molecule has 0 radical (unpaired) electrons. The van der Waals surface area contributed by atoms with Gasteiger partial charge in [0.25, 0.3) is 0 Å². The van der Waals surface area contributed by atoms with Crippen molar-refractivity contribution in [3.05, 3.63) is 86.7 Å². The highest BCUT2D eigenvalue weighted by atomic mass is 127. The largest absolute Gasteiger partial charge is 0.493 e. The van der Waals surface area contributed by atoms with Gasteiger partial charge in [-0.15, -0.1) is 0 Å². The van der Waals surface area contributed by atoms with E-state index >= 15 is 0 Å². The van der Waals surface area contributed by atoms with Gasteiger partial charge in [-0.25, -0.2) is 4.39 Å². The summed E-state index contributed by atoms with van der Waals surface area (Å²) >= 11 is 2.22. The average molecular weight is 491 g/mol. The Labute approximate surface area is 179 Å². The highest BCUT2D eigenvalue weighted by Gasteiger charge is 2.13. The van der Waals surface area contributed by atoms with Crippen molar-refractivity contribution in [2.75, 3.05) is 12.4 Å². The molecule has 5 heteroatoms. The summed E-state index contributed by atoms with van der Waals surface area (Å²) in [5, 5.41) is 3.43. The summed E-state index contributed by atoms with van der Waals surface area (Å²) in [6, 6.07) is 19.1. The Morgan fingerprint density at radius 3 is 2.43 bits per heavy atom. The van der Waals surface area contributed by atoms with Crippen LogP contribution in [0.4, 0.5) is 10.1 Å². The zero-order valence-electron chi connectivity index (χ0n) is 16.0. The minimum atomic E-state index is -0.272. The normalized spacial score (nSPS) is 10.6. The molecule has 3 nitrogen and oxygen atoms in total. The molecule has 0 spiro atoms. The number of nitrogens with one attached hydrogen (secondary N) is 1. The van der Waals surface area contributed by atoms with Crippen LogP contribution < -0.4 is 14.8 Å². The van der Waals surface area contributed by atoms with Gasteiger partial charge in [-0.05, 0) is 70.5 Å². The van der Waals surface area contributed by atoms with Crippen LogP contribution in [0.5, 0.6) is 11.5 Å². The van der Waals surface area contributed by atoms with Gasteiger partial charge in [-0.2, -0.15) is 0 Å². The van der Waals surface area contributed by atoms with Gasteiger partial charge in [0.1, 0.15) is 12.4 Å². The zero-order valence-corrected chi connectivity index (χ0v) is 18.1. The summed E-state index contributed by atoms with van der Waals surface area (Å²) in [5.41, 5.74) is 3.99. The van der Waals surface area contributed by atoms with E-state index in [4.69, 9.17) is 9.47 Å². The zero-order chi connectivity index (χ0) is 19.9. The number of anilines is 1. The van der Waals surface area contributed by atoms with Crippen LogP contribution in [0.3, 0.4) is 0 Å². The van der Waals surface area contributed by atoms with E-state index < -0.39 is 0 Å². The molecular weight excluding hydrogens is 468 g/mol. The number of rotatable bonds is 8. The monoisotopic (exact) mass is 491 g/mol. The van der Waals surface area contributed by atoms with Crippen molar-refractivity contribution in [3.63, 3.8) is 0 Å². The van der Waals surface area contributed by atoms with E-state index in [9.17, 15) is 4.39 Å². The number of benzene rings is 3. The number of methoxy groups -OCH3 is 1. The molecule has 3 aromatic carbocycles. The highest BCUT2D eigenvalue weighted by Crippen LogP contribution is 2.35. The Morgan fingerprint density at radius 1 is 1.00 bits per heavy atom. The summed E-state index contributed by atoms with van der Waals surface area (Å²) in [6.45, 7) is 2.97. The van der Waals surface area contributed by atoms with Crippen LogP contribution in [0.15, 0.2) is 60.7 Å². The number of hydrogen-bond acceptors (Lipinski definition) is 3. The average Bonchev–Trinajstić information content (AvgIpc) is 2.72. The molecule has 0 aliphatic rings. The molecule has 0 aliphatic carbocycles. The fourth-order valence-corrected chi connectivity index (χ4v) is 3.66. The van der Waals surface area contributed by atoms with Crippen molar-refractivity contribution in [3.8, 4) is 11.5 Å². The Morgan fingerprint density at radius 2 is 1.75 bits per heavy atom. The lowest BCUT2D eigenvalue weighted by molar-refractivity contribution is 0.277. The van der Waals surface area contributed by atoms with Gasteiger partial charge in [0.2, 0.25) is 0 Å². The Balaban J connectivity index is 1.70. The topological polar surface area (TPSA) is 30.5 Å². The third kappa shape index (κ3) is 5.16. The van der Waals surface area contributed by atoms with E-state index in [1.807, 2.05) is 12.1 Å². The van der Waals surface area contributed by atoms with Crippen molar-refractivity contribution in [2.45, 2.75) is 26.5 Å².